The summed E-state index contributed by atoms with van der Waals surface area (Å²) in [4.78, 5) is 35.5. The Morgan fingerprint density at radius 1 is 0.941 bits per heavy atom. The third kappa shape index (κ3) is 12.9. The molecular weight excluding hydrogens is 881 g/mol. The zero-order chi connectivity index (χ0) is 49.5. The van der Waals surface area contributed by atoms with E-state index in [-0.39, 0.29) is 30.8 Å². The van der Waals surface area contributed by atoms with Crippen molar-refractivity contribution in [3.8, 4) is 0 Å². The minimum atomic E-state index is -1.33. The first-order chi connectivity index (χ1) is 32.3. The molecule has 1 aliphatic carbocycles. The van der Waals surface area contributed by atoms with Crippen molar-refractivity contribution in [2.24, 2.45) is 17.8 Å². The van der Waals surface area contributed by atoms with E-state index in [1.807, 2.05) is 52.0 Å². The molecule has 16 nitrogen and oxygen atoms in total. The molecule has 0 bridgehead atoms. The van der Waals surface area contributed by atoms with Crippen molar-refractivity contribution in [1.82, 2.24) is 0 Å². The Labute approximate surface area is 403 Å². The molecule has 0 aromatic carbocycles. The van der Waals surface area contributed by atoms with E-state index in [0.717, 1.165) is 30.4 Å². The number of hydrogen-bond acceptors (Lipinski definition) is 16. The third-order valence-electron chi connectivity index (χ3n) is 15.1. The minimum absolute atomic E-state index is 0.0398. The Kier molecular flexibility index (Phi) is 19.1. The molecule has 384 valence electrons. The van der Waals surface area contributed by atoms with E-state index in [9.17, 15) is 19.5 Å². The van der Waals surface area contributed by atoms with Gasteiger partial charge in [0.15, 0.2) is 30.6 Å². The summed E-state index contributed by atoms with van der Waals surface area (Å²) in [6.45, 7) is 19.8. The van der Waals surface area contributed by atoms with E-state index in [1.165, 1.54) is 13.8 Å². The van der Waals surface area contributed by atoms with Gasteiger partial charge in [-0.2, -0.15) is 0 Å². The summed E-state index contributed by atoms with van der Waals surface area (Å²) >= 11 is 0. The Balaban J connectivity index is 1.21. The van der Waals surface area contributed by atoms with Gasteiger partial charge in [-0.1, -0.05) is 64.5 Å². The number of allylic oxidation sites excluding steroid dienone is 2. The van der Waals surface area contributed by atoms with Crippen LogP contribution in [0.1, 0.15) is 127 Å². The smallest absolute Gasteiger partial charge is 0.303 e. The lowest BCUT2D eigenvalue weighted by atomic mass is 9.78. The van der Waals surface area contributed by atoms with Gasteiger partial charge >= 0.3 is 11.9 Å². The lowest BCUT2D eigenvalue weighted by Gasteiger charge is -2.50. The fourth-order valence-electron chi connectivity index (χ4n) is 11.1. The van der Waals surface area contributed by atoms with Crippen molar-refractivity contribution in [2.45, 2.75) is 224 Å². The number of carbonyl (C=O) groups excluding carboxylic acids is 3. The highest BCUT2D eigenvalue weighted by Crippen LogP contribution is 2.46. The van der Waals surface area contributed by atoms with Gasteiger partial charge in [0.2, 0.25) is 0 Å². The molecule has 5 fully saturated rings. The van der Waals surface area contributed by atoms with Gasteiger partial charge in [-0.3, -0.25) is 14.4 Å². The zero-order valence-electron chi connectivity index (χ0n) is 42.4. The minimum Gasteiger partial charge on any atom is -0.464 e. The maximum atomic E-state index is 12.0. The van der Waals surface area contributed by atoms with Crippen LogP contribution in [0.4, 0.5) is 0 Å². The molecule has 68 heavy (non-hydrogen) atoms. The standard InChI is InChI=1S/C52H80O16/c1-13-29(2)46-32(5)19-21-51(68-46)26-40(60-28-53)23-39(67-51)18-17-31(4)45(30(3)15-14-16-38-27-59-50-47(63-36(9)54)33(6)20-22-52(38,50)56)65-43-25-42(58-12)49(35(8)62-43)66-44-24-41(57-11)48(34(7)61-44)64-37(10)55/h14-17,20,28-30,32,34-35,39-50,56H,13,18-19,21-27H2,1-12H3/b15-14+,31-17+,38-16+/t29-,30-,32-,34-,35-,39+,40-,41-,42-,43-,44-,45-,46?,47+,48-,49-,50+,51+,52?/m0/s1. The number of carbonyl (C=O) groups is 3. The van der Waals surface area contributed by atoms with E-state index in [4.69, 9.17) is 56.8 Å². The van der Waals surface area contributed by atoms with E-state index >= 15 is 0 Å². The predicted molar refractivity (Wildman–Crippen MR) is 249 cm³/mol. The van der Waals surface area contributed by atoms with Crippen LogP contribution in [0.3, 0.4) is 0 Å². The Bertz CT molecular complexity index is 1830. The number of ether oxygens (including phenoxy) is 12. The van der Waals surface area contributed by atoms with Gasteiger partial charge in [0.1, 0.15) is 30.0 Å². The lowest BCUT2D eigenvalue weighted by molar-refractivity contribution is -0.340. The van der Waals surface area contributed by atoms with Crippen LogP contribution in [0.5, 0.6) is 0 Å². The number of esters is 2. The lowest BCUT2D eigenvalue weighted by Crippen LogP contribution is -2.55. The van der Waals surface area contributed by atoms with Crippen LogP contribution < -0.4 is 0 Å². The molecule has 2 unspecified atom stereocenters. The number of fused-ring (bicyclic) bond motifs is 1. The molecule has 0 radical (unpaired) electrons. The molecule has 0 amide bonds. The van der Waals surface area contributed by atoms with Crippen molar-refractivity contribution < 1.29 is 76.3 Å². The molecule has 16 heteroatoms. The molecule has 5 saturated heterocycles. The summed E-state index contributed by atoms with van der Waals surface area (Å²) in [6.07, 6.45) is 8.47. The third-order valence-corrected chi connectivity index (χ3v) is 15.1. The topological polar surface area (TPSA) is 182 Å². The summed E-state index contributed by atoms with van der Waals surface area (Å²) in [6, 6.07) is 0. The van der Waals surface area contributed by atoms with Gasteiger partial charge in [-0.05, 0) is 69.1 Å². The first kappa shape index (κ1) is 54.3. The fourth-order valence-corrected chi connectivity index (χ4v) is 11.1. The number of hydrogen-bond donors (Lipinski definition) is 1. The summed E-state index contributed by atoms with van der Waals surface area (Å²) in [5, 5.41) is 11.9. The maximum Gasteiger partial charge on any atom is 0.303 e. The molecule has 19 atom stereocenters. The highest BCUT2D eigenvalue weighted by Gasteiger charge is 2.54. The monoisotopic (exact) mass is 961 g/mol. The highest BCUT2D eigenvalue weighted by atomic mass is 16.7. The molecule has 6 aliphatic rings. The van der Waals surface area contributed by atoms with Crippen molar-refractivity contribution in [2.75, 3.05) is 20.8 Å². The number of methoxy groups -OCH3 is 2. The van der Waals surface area contributed by atoms with Gasteiger partial charge in [0.05, 0.1) is 43.2 Å². The summed E-state index contributed by atoms with van der Waals surface area (Å²) < 4.78 is 74.6. The molecular formula is C52H80O16. The SMILES string of the molecule is CC[C@H](C)C1O[C@]2(CC[C@@H]1C)C[C@@H](OC=O)C[C@@H](C/C=C(\C)[C@@H](O[C@H]1C[C@H](OC)[C@@H](O[C@H]3C[C@H](OC)[C@@H](OC(C)=O)[C@H](C)O3)[C@H](C)O1)[C@@H](C)/C=C/C=C1\CO[C@@H]3[C@H](OC(C)=O)C(C)=CCC13O)O2. The van der Waals surface area contributed by atoms with Gasteiger partial charge in [0.25, 0.3) is 6.47 Å². The first-order valence-electron chi connectivity index (χ1n) is 24.9. The maximum absolute atomic E-state index is 12.0. The Morgan fingerprint density at radius 3 is 2.29 bits per heavy atom. The van der Waals surface area contributed by atoms with Gasteiger partial charge in [-0.15, -0.1) is 0 Å². The summed E-state index contributed by atoms with van der Waals surface area (Å²) in [5.74, 6) is -1.15. The first-order valence-corrected chi connectivity index (χ1v) is 24.9. The van der Waals surface area contributed by atoms with Crippen molar-refractivity contribution in [1.29, 1.82) is 0 Å². The molecule has 5 aliphatic heterocycles. The van der Waals surface area contributed by atoms with Crippen molar-refractivity contribution in [3.63, 3.8) is 0 Å². The van der Waals surface area contributed by atoms with Crippen LogP contribution >= 0.6 is 0 Å². The van der Waals surface area contributed by atoms with Crippen LogP contribution in [0.25, 0.3) is 0 Å². The highest BCUT2D eigenvalue weighted by molar-refractivity contribution is 5.67. The summed E-state index contributed by atoms with van der Waals surface area (Å²) in [5.41, 5.74) is 1.15. The number of rotatable bonds is 18. The second kappa shape index (κ2) is 23.9. The second-order valence-electron chi connectivity index (χ2n) is 20.2. The molecule has 6 rings (SSSR count). The summed E-state index contributed by atoms with van der Waals surface area (Å²) in [7, 11) is 3.22. The van der Waals surface area contributed by atoms with E-state index in [2.05, 4.69) is 33.8 Å². The molecule has 1 spiro atoms. The normalized spacial score (nSPS) is 40.9. The van der Waals surface area contributed by atoms with Crippen molar-refractivity contribution >= 4 is 18.4 Å². The van der Waals surface area contributed by atoms with Crippen LogP contribution in [0, 0.1) is 17.8 Å². The molecule has 5 heterocycles. The van der Waals surface area contributed by atoms with Gasteiger partial charge < -0.3 is 61.9 Å². The molecule has 0 aromatic heterocycles. The van der Waals surface area contributed by atoms with E-state index in [1.54, 1.807) is 14.2 Å². The van der Waals surface area contributed by atoms with E-state index in [0.29, 0.717) is 62.4 Å². The molecule has 0 saturated carbocycles. The predicted octanol–water partition coefficient (Wildman–Crippen LogP) is 7.13. The van der Waals surface area contributed by atoms with E-state index < -0.39 is 90.8 Å². The molecule has 1 N–H and O–H groups in total. The van der Waals surface area contributed by atoms with Crippen LogP contribution in [-0.2, 0) is 71.2 Å². The quantitative estimate of drug-likeness (QED) is 0.0633. The second-order valence-corrected chi connectivity index (χ2v) is 20.2. The average Bonchev–Trinajstić information content (AvgIpc) is 3.63. The largest absolute Gasteiger partial charge is 0.464 e. The van der Waals surface area contributed by atoms with Crippen molar-refractivity contribution in [3.05, 3.63) is 47.1 Å². The average molecular weight is 961 g/mol. The zero-order valence-corrected chi connectivity index (χ0v) is 42.4. The van der Waals surface area contributed by atoms with Gasteiger partial charge in [-0.25, -0.2) is 0 Å². The van der Waals surface area contributed by atoms with Gasteiger partial charge in [0, 0.05) is 72.5 Å². The number of aliphatic hydroxyl groups is 1. The Hall–Kier alpha value is -3.03. The van der Waals surface area contributed by atoms with Crippen LogP contribution in [0.2, 0.25) is 0 Å². The Morgan fingerprint density at radius 2 is 1.62 bits per heavy atom. The van der Waals surface area contributed by atoms with Crippen LogP contribution in [0.15, 0.2) is 47.1 Å². The fraction of sp³-hybridized carbons (Fsp3) is 0.788. The molecule has 0 aromatic rings. The van der Waals surface area contributed by atoms with Crippen LogP contribution in [-0.4, -0.2) is 142 Å².